The molecule has 0 aliphatic heterocycles. The molecule has 0 radical (unpaired) electrons. The van der Waals surface area contributed by atoms with E-state index in [1.807, 2.05) is 42.7 Å². The van der Waals surface area contributed by atoms with Crippen molar-refractivity contribution in [3.8, 4) is 28.4 Å². The lowest BCUT2D eigenvalue weighted by Gasteiger charge is -2.11. The summed E-state index contributed by atoms with van der Waals surface area (Å²) in [5.41, 5.74) is 7.24. The third-order valence-corrected chi connectivity index (χ3v) is 6.44. The fourth-order valence-electron chi connectivity index (χ4n) is 4.34. The summed E-state index contributed by atoms with van der Waals surface area (Å²) in [6.07, 6.45) is 5.32. The zero-order chi connectivity index (χ0) is 25.8. The van der Waals surface area contributed by atoms with E-state index in [0.717, 1.165) is 46.4 Å². The van der Waals surface area contributed by atoms with Gasteiger partial charge in [0.15, 0.2) is 5.82 Å². The minimum atomic E-state index is -0.260. The monoisotopic (exact) mass is 495 g/mol. The first-order valence-electron chi connectivity index (χ1n) is 12.2. The van der Waals surface area contributed by atoms with Gasteiger partial charge in [-0.15, -0.1) is 0 Å². The number of aromatic amines is 2. The van der Waals surface area contributed by atoms with Gasteiger partial charge in [0.25, 0.3) is 5.91 Å². The molecule has 9 heteroatoms. The maximum absolute atomic E-state index is 12.8. The summed E-state index contributed by atoms with van der Waals surface area (Å²) < 4.78 is 5.36. The summed E-state index contributed by atoms with van der Waals surface area (Å²) in [5, 5.41) is 14.7. The molecule has 0 spiro atoms. The van der Waals surface area contributed by atoms with Crippen molar-refractivity contribution in [1.29, 1.82) is 0 Å². The zero-order valence-electron chi connectivity index (χ0n) is 21.1. The Morgan fingerprint density at radius 1 is 1.05 bits per heavy atom. The van der Waals surface area contributed by atoms with E-state index in [1.165, 1.54) is 17.3 Å². The van der Waals surface area contributed by atoms with Crippen molar-refractivity contribution >= 4 is 16.8 Å². The van der Waals surface area contributed by atoms with Crippen molar-refractivity contribution in [2.45, 2.75) is 26.9 Å². The van der Waals surface area contributed by atoms with E-state index in [0.29, 0.717) is 23.8 Å². The van der Waals surface area contributed by atoms with Crippen LogP contribution in [0.15, 0.2) is 61.1 Å². The molecule has 3 aromatic heterocycles. The summed E-state index contributed by atoms with van der Waals surface area (Å²) in [5.74, 6) is 0.982. The normalized spacial score (nSPS) is 11.1. The molecule has 0 unspecified atom stereocenters. The maximum Gasteiger partial charge on any atom is 0.269 e. The van der Waals surface area contributed by atoms with Gasteiger partial charge in [-0.25, -0.2) is 4.98 Å². The summed E-state index contributed by atoms with van der Waals surface area (Å²) in [6.45, 7) is 6.22. The fourth-order valence-corrected chi connectivity index (χ4v) is 4.34. The number of pyridine rings is 1. The number of carbonyl (C=O) groups excluding carboxylic acids is 1. The highest BCUT2D eigenvalue weighted by Crippen LogP contribution is 2.31. The van der Waals surface area contributed by atoms with Gasteiger partial charge >= 0.3 is 0 Å². The molecule has 9 nitrogen and oxygen atoms in total. The van der Waals surface area contributed by atoms with Gasteiger partial charge in [0.1, 0.15) is 17.1 Å². The number of aromatic nitrogens is 5. The predicted molar refractivity (Wildman–Crippen MR) is 143 cm³/mol. The minimum absolute atomic E-state index is 0.260. The van der Waals surface area contributed by atoms with Gasteiger partial charge in [-0.05, 0) is 48.4 Å². The van der Waals surface area contributed by atoms with Crippen LogP contribution in [0.4, 0.5) is 0 Å². The molecule has 5 rings (SSSR count). The Labute approximate surface area is 214 Å². The smallest absolute Gasteiger partial charge is 0.269 e. The van der Waals surface area contributed by atoms with Crippen LogP contribution in [0.25, 0.3) is 33.5 Å². The molecular weight excluding hydrogens is 466 g/mol. The zero-order valence-corrected chi connectivity index (χ0v) is 21.1. The summed E-state index contributed by atoms with van der Waals surface area (Å²) >= 11 is 0. The first-order valence-corrected chi connectivity index (χ1v) is 12.2. The Bertz CT molecular complexity index is 1550. The average Bonchev–Trinajstić information content (AvgIpc) is 3.58. The SMILES string of the molecule is CCNCc1cncc(-c2ccc3[nH]nc(-c4ncc(C(=O)NCc5ccccc5OC)[nH]4)c3c2)c1C. The van der Waals surface area contributed by atoms with E-state index < -0.39 is 0 Å². The van der Waals surface area contributed by atoms with Crippen LogP contribution in [0.1, 0.15) is 34.1 Å². The van der Waals surface area contributed by atoms with Gasteiger partial charge in [0.05, 0.1) is 18.8 Å². The summed E-state index contributed by atoms with van der Waals surface area (Å²) in [4.78, 5) is 24.8. The molecule has 0 aliphatic carbocycles. The fraction of sp³-hybridized carbons (Fsp3) is 0.214. The largest absolute Gasteiger partial charge is 0.496 e. The molecule has 0 atom stereocenters. The highest BCUT2D eigenvalue weighted by atomic mass is 16.5. The molecule has 0 aliphatic rings. The first-order chi connectivity index (χ1) is 18.1. The number of benzene rings is 2. The van der Waals surface area contributed by atoms with Crippen LogP contribution in [0.2, 0.25) is 0 Å². The first kappa shape index (κ1) is 24.2. The quantitative estimate of drug-likeness (QED) is 0.241. The van der Waals surface area contributed by atoms with Crippen LogP contribution in [0, 0.1) is 6.92 Å². The number of hydrogen-bond donors (Lipinski definition) is 4. The standard InChI is InChI=1S/C28H29N7O2/c1-4-29-12-20-13-30-15-22(17(20)2)18-9-10-23-21(11-18)26(35-34-23)27-31-16-24(33-27)28(36)32-14-19-7-5-6-8-25(19)37-3/h5-11,13,15-16,29H,4,12,14H2,1-3H3,(H,31,33)(H,32,36)(H,34,35). The van der Waals surface area contributed by atoms with Crippen molar-refractivity contribution in [1.82, 2.24) is 35.8 Å². The number of carbonyl (C=O) groups is 1. The van der Waals surface area contributed by atoms with Crippen LogP contribution >= 0.6 is 0 Å². The lowest BCUT2D eigenvalue weighted by atomic mass is 9.98. The second kappa shape index (κ2) is 10.6. The van der Waals surface area contributed by atoms with Crippen molar-refractivity contribution in [3.63, 3.8) is 0 Å². The van der Waals surface area contributed by atoms with Crippen LogP contribution in [0.5, 0.6) is 5.75 Å². The average molecular weight is 496 g/mol. The van der Waals surface area contributed by atoms with E-state index in [9.17, 15) is 4.79 Å². The van der Waals surface area contributed by atoms with Crippen LogP contribution in [-0.2, 0) is 13.1 Å². The molecule has 5 aromatic rings. The Morgan fingerprint density at radius 3 is 2.76 bits per heavy atom. The number of H-pyrrole nitrogens is 2. The third kappa shape index (κ3) is 4.94. The second-order valence-corrected chi connectivity index (χ2v) is 8.72. The van der Waals surface area contributed by atoms with Gasteiger partial charge in [-0.2, -0.15) is 5.10 Å². The lowest BCUT2D eigenvalue weighted by Crippen LogP contribution is -2.23. The molecule has 2 aromatic carbocycles. The minimum Gasteiger partial charge on any atom is -0.496 e. The van der Waals surface area contributed by atoms with Crippen LogP contribution in [0.3, 0.4) is 0 Å². The van der Waals surface area contributed by atoms with Crippen LogP contribution < -0.4 is 15.4 Å². The molecule has 0 bridgehead atoms. The number of imidazole rings is 1. The molecular formula is C28H29N7O2. The number of amides is 1. The number of methoxy groups -OCH3 is 1. The second-order valence-electron chi connectivity index (χ2n) is 8.72. The Kier molecular flexibility index (Phi) is 6.96. The van der Waals surface area contributed by atoms with E-state index in [-0.39, 0.29) is 5.91 Å². The predicted octanol–water partition coefficient (Wildman–Crippen LogP) is 4.37. The van der Waals surface area contributed by atoms with E-state index in [4.69, 9.17) is 4.74 Å². The number of ether oxygens (including phenoxy) is 1. The van der Waals surface area contributed by atoms with Gasteiger partial charge in [-0.3, -0.25) is 14.9 Å². The Hall–Kier alpha value is -4.50. The van der Waals surface area contributed by atoms with Crippen molar-refractivity contribution < 1.29 is 9.53 Å². The van der Waals surface area contributed by atoms with E-state index in [1.54, 1.807) is 7.11 Å². The third-order valence-electron chi connectivity index (χ3n) is 6.44. The number of rotatable bonds is 9. The maximum atomic E-state index is 12.8. The molecule has 188 valence electrons. The molecule has 4 N–H and O–H groups in total. The highest BCUT2D eigenvalue weighted by Gasteiger charge is 2.17. The Morgan fingerprint density at radius 2 is 1.92 bits per heavy atom. The molecule has 0 saturated heterocycles. The van der Waals surface area contributed by atoms with E-state index in [2.05, 4.69) is 61.8 Å². The number of para-hydroxylation sites is 1. The topological polar surface area (TPSA) is 121 Å². The molecule has 1 amide bonds. The van der Waals surface area contributed by atoms with Crippen molar-refractivity contribution in [3.05, 3.63) is 83.4 Å². The van der Waals surface area contributed by atoms with E-state index >= 15 is 0 Å². The van der Waals surface area contributed by atoms with Crippen LogP contribution in [-0.4, -0.2) is 44.7 Å². The summed E-state index contributed by atoms with van der Waals surface area (Å²) in [7, 11) is 1.61. The number of hydrogen-bond acceptors (Lipinski definition) is 6. The lowest BCUT2D eigenvalue weighted by molar-refractivity contribution is 0.0946. The highest BCUT2D eigenvalue weighted by molar-refractivity contribution is 5.96. The molecule has 3 heterocycles. The number of fused-ring (bicyclic) bond motifs is 1. The number of nitrogens with one attached hydrogen (secondary N) is 4. The Balaban J connectivity index is 1.39. The van der Waals surface area contributed by atoms with Crippen molar-refractivity contribution in [2.24, 2.45) is 0 Å². The molecule has 0 saturated carbocycles. The molecule has 0 fully saturated rings. The van der Waals surface area contributed by atoms with Gasteiger partial charge in [0.2, 0.25) is 0 Å². The van der Waals surface area contributed by atoms with Gasteiger partial charge < -0.3 is 20.4 Å². The van der Waals surface area contributed by atoms with Gasteiger partial charge in [0, 0.05) is 42.0 Å². The molecule has 37 heavy (non-hydrogen) atoms. The number of nitrogens with zero attached hydrogens (tertiary/aromatic N) is 3. The van der Waals surface area contributed by atoms with Crippen molar-refractivity contribution in [2.75, 3.05) is 13.7 Å². The van der Waals surface area contributed by atoms with Gasteiger partial charge in [-0.1, -0.05) is 31.2 Å². The summed E-state index contributed by atoms with van der Waals surface area (Å²) in [6, 6.07) is 13.7.